The fourth-order valence-corrected chi connectivity index (χ4v) is 2.28. The number of aldehydes is 1. The summed E-state index contributed by atoms with van der Waals surface area (Å²) in [6.45, 7) is 2.93. The number of hydrogen-bond donors (Lipinski definition) is 0. The van der Waals surface area contributed by atoms with Crippen LogP contribution in [0, 0.1) is 0 Å². The van der Waals surface area contributed by atoms with Gasteiger partial charge in [-0.2, -0.15) is 0 Å². The lowest BCUT2D eigenvalue weighted by Crippen LogP contribution is -2.10. The molecule has 4 heteroatoms. The van der Waals surface area contributed by atoms with Gasteiger partial charge in [0, 0.05) is 5.02 Å². The molecule has 2 aromatic carbocycles. The molecule has 0 bridgehead atoms. The topological polar surface area (TPSA) is 35.5 Å². The number of halogens is 1. The highest BCUT2D eigenvalue weighted by Crippen LogP contribution is 2.21. The molecule has 0 saturated heterocycles. The van der Waals surface area contributed by atoms with E-state index in [1.165, 1.54) is 5.56 Å². The number of rotatable bonds is 8. The van der Waals surface area contributed by atoms with Crippen molar-refractivity contribution in [1.29, 1.82) is 0 Å². The van der Waals surface area contributed by atoms with Crippen LogP contribution in [0.2, 0.25) is 5.02 Å². The first-order valence-electron chi connectivity index (χ1n) is 7.32. The molecule has 116 valence electrons. The van der Waals surface area contributed by atoms with E-state index < -0.39 is 0 Å². The van der Waals surface area contributed by atoms with E-state index in [0.717, 1.165) is 24.9 Å². The van der Waals surface area contributed by atoms with Gasteiger partial charge in [-0.15, -0.1) is 0 Å². The van der Waals surface area contributed by atoms with Gasteiger partial charge in [-0.3, -0.25) is 4.79 Å². The van der Waals surface area contributed by atoms with E-state index in [9.17, 15) is 4.79 Å². The van der Waals surface area contributed by atoms with Gasteiger partial charge in [0.2, 0.25) is 0 Å². The van der Waals surface area contributed by atoms with Crippen molar-refractivity contribution in [3.8, 4) is 11.5 Å². The zero-order chi connectivity index (χ0) is 15.8. The van der Waals surface area contributed by atoms with Crippen LogP contribution in [-0.4, -0.2) is 19.5 Å². The fraction of sp³-hybridized carbons (Fsp3) is 0.278. The minimum Gasteiger partial charge on any atom is -0.490 e. The number of hydrogen-bond acceptors (Lipinski definition) is 3. The van der Waals surface area contributed by atoms with Crippen molar-refractivity contribution in [3.05, 3.63) is 58.6 Å². The first kappa shape index (κ1) is 16.4. The van der Waals surface area contributed by atoms with E-state index in [1.807, 2.05) is 12.1 Å². The summed E-state index contributed by atoms with van der Waals surface area (Å²) in [5, 5.41) is 0.512. The SMILES string of the molecule is CCCc1ccc(OCCOc2ccc(Cl)cc2C=O)cc1. The number of carbonyl (C=O) groups is 1. The largest absolute Gasteiger partial charge is 0.490 e. The minimum atomic E-state index is 0.360. The Balaban J connectivity index is 1.80. The van der Waals surface area contributed by atoms with Crippen LogP contribution in [-0.2, 0) is 6.42 Å². The standard InChI is InChI=1S/C18H19ClO3/c1-2-3-14-4-7-17(8-5-14)21-10-11-22-18-9-6-16(19)12-15(18)13-20/h4-9,12-13H,2-3,10-11H2,1H3. The van der Waals surface area contributed by atoms with Gasteiger partial charge in [-0.05, 0) is 42.3 Å². The molecule has 0 aliphatic heterocycles. The Morgan fingerprint density at radius 1 is 1.05 bits per heavy atom. The van der Waals surface area contributed by atoms with Crippen molar-refractivity contribution >= 4 is 17.9 Å². The highest BCUT2D eigenvalue weighted by atomic mass is 35.5. The first-order chi connectivity index (χ1) is 10.7. The summed E-state index contributed by atoms with van der Waals surface area (Å²) in [7, 11) is 0. The van der Waals surface area contributed by atoms with Crippen LogP contribution in [0.1, 0.15) is 29.3 Å². The van der Waals surface area contributed by atoms with Crippen LogP contribution < -0.4 is 9.47 Å². The number of aryl methyl sites for hydroxylation is 1. The van der Waals surface area contributed by atoms with Gasteiger partial charge < -0.3 is 9.47 Å². The third-order valence-corrected chi connectivity index (χ3v) is 3.41. The molecule has 0 saturated carbocycles. The molecule has 0 atom stereocenters. The van der Waals surface area contributed by atoms with Crippen LogP contribution in [0.3, 0.4) is 0 Å². The normalized spacial score (nSPS) is 10.3. The molecule has 0 amide bonds. The van der Waals surface area contributed by atoms with Crippen LogP contribution in [0.25, 0.3) is 0 Å². The average Bonchev–Trinajstić information content (AvgIpc) is 2.54. The van der Waals surface area contributed by atoms with E-state index in [1.54, 1.807) is 18.2 Å². The van der Waals surface area contributed by atoms with Gasteiger partial charge in [0.25, 0.3) is 0 Å². The molecule has 3 nitrogen and oxygen atoms in total. The van der Waals surface area contributed by atoms with Crippen molar-refractivity contribution in [3.63, 3.8) is 0 Å². The summed E-state index contributed by atoms with van der Waals surface area (Å²) in [6.07, 6.45) is 2.94. The maximum absolute atomic E-state index is 10.9. The molecular weight excluding hydrogens is 300 g/mol. The first-order valence-corrected chi connectivity index (χ1v) is 7.70. The van der Waals surface area contributed by atoms with Crippen LogP contribution in [0.15, 0.2) is 42.5 Å². The molecule has 0 spiro atoms. The van der Waals surface area contributed by atoms with Gasteiger partial charge >= 0.3 is 0 Å². The lowest BCUT2D eigenvalue weighted by Gasteiger charge is -2.10. The summed E-state index contributed by atoms with van der Waals surface area (Å²) in [4.78, 5) is 10.9. The summed E-state index contributed by atoms with van der Waals surface area (Å²) in [5.74, 6) is 1.33. The highest BCUT2D eigenvalue weighted by Gasteiger charge is 2.04. The Morgan fingerprint density at radius 2 is 1.77 bits per heavy atom. The molecule has 0 radical (unpaired) electrons. The summed E-state index contributed by atoms with van der Waals surface area (Å²) in [6, 6.07) is 13.0. The smallest absolute Gasteiger partial charge is 0.153 e. The summed E-state index contributed by atoms with van der Waals surface area (Å²) < 4.78 is 11.2. The second-order valence-corrected chi connectivity index (χ2v) is 5.33. The lowest BCUT2D eigenvalue weighted by molar-refractivity contribution is 0.111. The molecule has 0 heterocycles. The zero-order valence-corrected chi connectivity index (χ0v) is 13.3. The molecule has 0 aliphatic carbocycles. The molecule has 0 aromatic heterocycles. The zero-order valence-electron chi connectivity index (χ0n) is 12.5. The second kappa shape index (κ2) is 8.44. The Labute approximate surface area is 135 Å². The van der Waals surface area contributed by atoms with Gasteiger partial charge in [-0.25, -0.2) is 0 Å². The highest BCUT2D eigenvalue weighted by molar-refractivity contribution is 6.30. The number of carbonyl (C=O) groups excluding carboxylic acids is 1. The maximum Gasteiger partial charge on any atom is 0.153 e. The third-order valence-electron chi connectivity index (χ3n) is 3.17. The van der Waals surface area contributed by atoms with E-state index in [-0.39, 0.29) is 0 Å². The van der Waals surface area contributed by atoms with E-state index in [2.05, 4.69) is 19.1 Å². The molecule has 0 N–H and O–H groups in total. The van der Waals surface area contributed by atoms with E-state index >= 15 is 0 Å². The Kier molecular flexibility index (Phi) is 6.28. The van der Waals surface area contributed by atoms with E-state index in [0.29, 0.717) is 29.5 Å². The summed E-state index contributed by atoms with van der Waals surface area (Å²) in [5.41, 5.74) is 1.75. The van der Waals surface area contributed by atoms with Gasteiger partial charge in [-0.1, -0.05) is 37.1 Å². The van der Waals surface area contributed by atoms with Crippen molar-refractivity contribution in [2.45, 2.75) is 19.8 Å². The molecule has 0 unspecified atom stereocenters. The van der Waals surface area contributed by atoms with Gasteiger partial charge in [0.1, 0.15) is 24.7 Å². The van der Waals surface area contributed by atoms with Crippen LogP contribution in [0.5, 0.6) is 11.5 Å². The molecule has 2 aromatic rings. The Morgan fingerprint density at radius 3 is 2.45 bits per heavy atom. The Bertz CT molecular complexity index is 608. The molecule has 2 rings (SSSR count). The third kappa shape index (κ3) is 4.78. The predicted octanol–water partition coefficient (Wildman–Crippen LogP) is 4.56. The molecule has 0 aliphatic rings. The minimum absolute atomic E-state index is 0.360. The van der Waals surface area contributed by atoms with Gasteiger partial charge in [0.05, 0.1) is 5.56 Å². The van der Waals surface area contributed by atoms with Crippen molar-refractivity contribution in [2.24, 2.45) is 0 Å². The fourth-order valence-electron chi connectivity index (χ4n) is 2.10. The quantitative estimate of drug-likeness (QED) is 0.528. The van der Waals surface area contributed by atoms with E-state index in [4.69, 9.17) is 21.1 Å². The Hall–Kier alpha value is -2.00. The molecule has 0 fully saturated rings. The molecular formula is C18H19ClO3. The monoisotopic (exact) mass is 318 g/mol. The van der Waals surface area contributed by atoms with Crippen LogP contribution >= 0.6 is 11.6 Å². The lowest BCUT2D eigenvalue weighted by atomic mass is 10.1. The van der Waals surface area contributed by atoms with Gasteiger partial charge in [0.15, 0.2) is 6.29 Å². The van der Waals surface area contributed by atoms with Crippen molar-refractivity contribution in [1.82, 2.24) is 0 Å². The maximum atomic E-state index is 10.9. The number of benzene rings is 2. The molecule has 22 heavy (non-hydrogen) atoms. The average molecular weight is 319 g/mol. The van der Waals surface area contributed by atoms with Crippen molar-refractivity contribution < 1.29 is 14.3 Å². The summed E-state index contributed by atoms with van der Waals surface area (Å²) >= 11 is 5.83. The van der Waals surface area contributed by atoms with Crippen molar-refractivity contribution in [2.75, 3.05) is 13.2 Å². The second-order valence-electron chi connectivity index (χ2n) is 4.89. The van der Waals surface area contributed by atoms with Crippen LogP contribution in [0.4, 0.5) is 0 Å². The number of ether oxygens (including phenoxy) is 2. The predicted molar refractivity (Wildman–Crippen MR) is 88.3 cm³/mol.